The summed E-state index contributed by atoms with van der Waals surface area (Å²) in [6, 6.07) is 2.40. The topological polar surface area (TPSA) is 61.5 Å². The summed E-state index contributed by atoms with van der Waals surface area (Å²) < 4.78 is 6.14. The van der Waals surface area contributed by atoms with Crippen LogP contribution in [0.3, 0.4) is 0 Å². The lowest BCUT2D eigenvalue weighted by Gasteiger charge is -2.47. The third-order valence-corrected chi connectivity index (χ3v) is 5.08. The highest BCUT2D eigenvalue weighted by Crippen LogP contribution is 2.36. The van der Waals surface area contributed by atoms with Crippen molar-refractivity contribution in [2.75, 3.05) is 33.8 Å². The van der Waals surface area contributed by atoms with Crippen LogP contribution in [-0.4, -0.2) is 71.3 Å². The van der Waals surface area contributed by atoms with Gasteiger partial charge in [0.05, 0.1) is 5.60 Å². The van der Waals surface area contributed by atoms with Crippen LogP contribution in [0, 0.1) is 6.92 Å². The van der Waals surface area contributed by atoms with Crippen LogP contribution >= 0.6 is 0 Å². The van der Waals surface area contributed by atoms with E-state index in [2.05, 4.69) is 29.2 Å². The molecule has 1 spiro atoms. The number of amides is 1. The molecule has 22 heavy (non-hydrogen) atoms. The summed E-state index contributed by atoms with van der Waals surface area (Å²) in [5.41, 5.74) is 1.40. The fourth-order valence-corrected chi connectivity index (χ4v) is 3.60. The maximum Gasteiger partial charge on any atom is 0.274 e. The van der Waals surface area contributed by atoms with E-state index in [9.17, 15) is 4.79 Å². The highest BCUT2D eigenvalue weighted by Gasteiger charge is 2.41. The Kier molecular flexibility index (Phi) is 4.23. The lowest BCUT2D eigenvalue weighted by atomic mass is 9.82. The highest BCUT2D eigenvalue weighted by atomic mass is 16.5. The predicted molar refractivity (Wildman–Crippen MR) is 83.9 cm³/mol. The number of carbonyl (C=O) groups excluding carboxylic acids is 1. The van der Waals surface area contributed by atoms with Gasteiger partial charge in [0.1, 0.15) is 5.69 Å². The number of nitrogens with one attached hydrogen (secondary N) is 1. The number of aromatic amines is 1. The molecule has 1 amide bonds. The maximum absolute atomic E-state index is 12.5. The number of carbonyl (C=O) groups is 1. The van der Waals surface area contributed by atoms with Crippen molar-refractivity contribution in [1.29, 1.82) is 0 Å². The molecule has 6 heteroatoms. The normalized spacial score (nSPS) is 24.9. The van der Waals surface area contributed by atoms with Gasteiger partial charge in [-0.1, -0.05) is 0 Å². The van der Waals surface area contributed by atoms with E-state index in [4.69, 9.17) is 4.74 Å². The minimum atomic E-state index is -0.0363. The van der Waals surface area contributed by atoms with Crippen LogP contribution in [0.1, 0.15) is 41.9 Å². The van der Waals surface area contributed by atoms with Gasteiger partial charge in [0.25, 0.3) is 5.91 Å². The van der Waals surface area contributed by atoms with Gasteiger partial charge in [-0.3, -0.25) is 9.89 Å². The second-order valence-corrected chi connectivity index (χ2v) is 6.87. The Hall–Kier alpha value is -1.40. The molecule has 3 rings (SSSR count). The Labute approximate surface area is 131 Å². The van der Waals surface area contributed by atoms with Crippen molar-refractivity contribution in [3.05, 3.63) is 17.5 Å². The van der Waals surface area contributed by atoms with Crippen molar-refractivity contribution >= 4 is 5.91 Å². The molecule has 0 saturated carbocycles. The Morgan fingerprint density at radius 1 is 1.45 bits per heavy atom. The first-order valence-electron chi connectivity index (χ1n) is 8.11. The molecule has 1 aromatic rings. The van der Waals surface area contributed by atoms with Crippen LogP contribution in [0.2, 0.25) is 0 Å². The largest absolute Gasteiger partial charge is 0.375 e. The number of hydrogen-bond donors (Lipinski definition) is 1. The van der Waals surface area contributed by atoms with Gasteiger partial charge >= 0.3 is 0 Å². The fourth-order valence-electron chi connectivity index (χ4n) is 3.60. The van der Waals surface area contributed by atoms with Crippen molar-refractivity contribution in [3.63, 3.8) is 0 Å². The van der Waals surface area contributed by atoms with Gasteiger partial charge < -0.3 is 14.5 Å². The lowest BCUT2D eigenvalue weighted by Crippen LogP contribution is -2.53. The van der Waals surface area contributed by atoms with Gasteiger partial charge in [-0.2, -0.15) is 5.10 Å². The minimum absolute atomic E-state index is 0.0270. The molecule has 1 unspecified atom stereocenters. The third-order valence-electron chi connectivity index (χ3n) is 5.08. The summed E-state index contributed by atoms with van der Waals surface area (Å²) in [7, 11) is 4.28. The van der Waals surface area contributed by atoms with E-state index in [1.807, 2.05) is 17.9 Å². The van der Waals surface area contributed by atoms with E-state index in [1.165, 1.54) is 0 Å². The minimum Gasteiger partial charge on any atom is -0.375 e. The van der Waals surface area contributed by atoms with Crippen LogP contribution in [0.25, 0.3) is 0 Å². The molecular weight excluding hydrogens is 280 g/mol. The fraction of sp³-hybridized carbons (Fsp3) is 0.750. The van der Waals surface area contributed by atoms with Crippen LogP contribution in [0.4, 0.5) is 0 Å². The summed E-state index contributed by atoms with van der Waals surface area (Å²) in [6.45, 7) is 4.25. The van der Waals surface area contributed by atoms with E-state index in [0.29, 0.717) is 11.7 Å². The van der Waals surface area contributed by atoms with Crippen LogP contribution in [-0.2, 0) is 4.74 Å². The molecule has 1 N–H and O–H groups in total. The van der Waals surface area contributed by atoms with Crippen molar-refractivity contribution in [3.8, 4) is 0 Å². The second-order valence-electron chi connectivity index (χ2n) is 6.87. The van der Waals surface area contributed by atoms with Gasteiger partial charge in [0.15, 0.2) is 0 Å². The molecular formula is C16H26N4O2. The number of ether oxygens (including phenoxy) is 1. The van der Waals surface area contributed by atoms with E-state index in [1.54, 1.807) is 0 Å². The van der Waals surface area contributed by atoms with Gasteiger partial charge in [-0.15, -0.1) is 0 Å². The van der Waals surface area contributed by atoms with Crippen molar-refractivity contribution in [2.24, 2.45) is 0 Å². The monoisotopic (exact) mass is 306 g/mol. The zero-order valence-electron chi connectivity index (χ0n) is 13.8. The van der Waals surface area contributed by atoms with Crippen LogP contribution in [0.5, 0.6) is 0 Å². The maximum atomic E-state index is 12.5. The Bertz CT molecular complexity index is 532. The van der Waals surface area contributed by atoms with E-state index in [-0.39, 0.29) is 11.5 Å². The quantitative estimate of drug-likeness (QED) is 0.898. The molecule has 0 radical (unpaired) electrons. The summed E-state index contributed by atoms with van der Waals surface area (Å²) in [6.07, 6.45) is 4.02. The molecule has 0 aromatic carbocycles. The zero-order chi connectivity index (χ0) is 15.7. The summed E-state index contributed by atoms with van der Waals surface area (Å²) in [5.74, 6) is 0.0270. The molecule has 122 valence electrons. The molecule has 1 atom stereocenters. The zero-order valence-corrected chi connectivity index (χ0v) is 13.8. The number of nitrogens with zero attached hydrogens (tertiary/aromatic N) is 3. The summed E-state index contributed by atoms with van der Waals surface area (Å²) in [5, 5.41) is 6.91. The molecule has 2 aliphatic rings. The van der Waals surface area contributed by atoms with Gasteiger partial charge in [0.2, 0.25) is 0 Å². The van der Waals surface area contributed by atoms with E-state index in [0.717, 1.165) is 51.1 Å². The van der Waals surface area contributed by atoms with Crippen LogP contribution in [0.15, 0.2) is 6.07 Å². The van der Waals surface area contributed by atoms with Crippen molar-refractivity contribution in [1.82, 2.24) is 20.0 Å². The molecule has 2 fully saturated rings. The van der Waals surface area contributed by atoms with E-state index >= 15 is 0 Å². The first kappa shape index (κ1) is 15.5. The Balaban J connectivity index is 1.61. The third kappa shape index (κ3) is 3.03. The highest BCUT2D eigenvalue weighted by molar-refractivity contribution is 5.92. The summed E-state index contributed by atoms with van der Waals surface area (Å²) in [4.78, 5) is 16.7. The molecule has 0 bridgehead atoms. The van der Waals surface area contributed by atoms with Crippen LogP contribution < -0.4 is 0 Å². The Morgan fingerprint density at radius 3 is 2.77 bits per heavy atom. The number of aryl methyl sites for hydroxylation is 1. The summed E-state index contributed by atoms with van der Waals surface area (Å²) >= 11 is 0. The van der Waals surface area contributed by atoms with Crippen molar-refractivity contribution < 1.29 is 9.53 Å². The van der Waals surface area contributed by atoms with Gasteiger partial charge in [-0.05, 0) is 52.8 Å². The Morgan fingerprint density at radius 2 is 2.18 bits per heavy atom. The number of piperidine rings is 1. The second kappa shape index (κ2) is 6.01. The number of rotatable bonds is 2. The molecule has 1 aromatic heterocycles. The lowest BCUT2D eigenvalue weighted by molar-refractivity contribution is -0.125. The molecule has 2 aliphatic heterocycles. The first-order valence-corrected chi connectivity index (χ1v) is 8.11. The molecule has 0 aliphatic carbocycles. The average Bonchev–Trinajstić information content (AvgIpc) is 2.94. The number of aromatic nitrogens is 2. The SMILES string of the molecule is Cc1cc(C(=O)N2CCC3(CC2)CC(N(C)C)CCO3)n[nH]1. The molecule has 6 nitrogen and oxygen atoms in total. The molecule has 2 saturated heterocycles. The molecule has 3 heterocycles. The first-order chi connectivity index (χ1) is 10.5. The number of H-pyrrole nitrogens is 1. The van der Waals surface area contributed by atoms with Gasteiger partial charge in [-0.25, -0.2) is 0 Å². The smallest absolute Gasteiger partial charge is 0.274 e. The van der Waals surface area contributed by atoms with Crippen molar-refractivity contribution in [2.45, 2.75) is 44.2 Å². The number of hydrogen-bond acceptors (Lipinski definition) is 4. The van der Waals surface area contributed by atoms with Gasteiger partial charge in [0, 0.05) is 31.4 Å². The predicted octanol–water partition coefficient (Wildman–Crippen LogP) is 1.43. The average molecular weight is 306 g/mol. The number of likely N-dealkylation sites (tertiary alicyclic amines) is 1. The standard InChI is InChI=1S/C16H26N4O2/c1-12-10-14(18-17-12)15(21)20-7-5-16(6-8-20)11-13(19(2)3)4-9-22-16/h10,13H,4-9,11H2,1-3H3,(H,17,18). The van der Waals surface area contributed by atoms with E-state index < -0.39 is 0 Å².